The van der Waals surface area contributed by atoms with Crippen LogP contribution in [-0.2, 0) is 16.0 Å². The third-order valence-corrected chi connectivity index (χ3v) is 6.11. The molecule has 156 valence electrons. The van der Waals surface area contributed by atoms with E-state index in [0.29, 0.717) is 37.9 Å². The number of aromatic amines is 1. The van der Waals surface area contributed by atoms with Crippen LogP contribution >= 0.6 is 11.3 Å². The lowest BCUT2D eigenvalue weighted by molar-refractivity contribution is -0.126. The Bertz CT molecular complexity index is 1010. The molecule has 1 aliphatic heterocycles. The van der Waals surface area contributed by atoms with E-state index in [4.69, 9.17) is 0 Å². The Kier molecular flexibility index (Phi) is 6.13. The Morgan fingerprint density at radius 3 is 2.77 bits per heavy atom. The molecule has 4 rings (SSSR count). The molecule has 1 aromatic carbocycles. The summed E-state index contributed by atoms with van der Waals surface area (Å²) in [5, 5.41) is 10.7. The van der Waals surface area contributed by atoms with Crippen LogP contribution in [0.3, 0.4) is 0 Å². The SMILES string of the molecule is O=C1CC[C@H](C(=O)NC(CCNC(=O)c2cc3sccc3[nH]2)Cc2ccccc2)N1. The van der Waals surface area contributed by atoms with E-state index in [1.807, 2.05) is 47.8 Å². The van der Waals surface area contributed by atoms with Crippen LogP contribution in [0.25, 0.3) is 10.2 Å². The first-order chi connectivity index (χ1) is 14.6. The molecule has 2 atom stereocenters. The summed E-state index contributed by atoms with van der Waals surface area (Å²) < 4.78 is 1.05. The highest BCUT2D eigenvalue weighted by Crippen LogP contribution is 2.21. The fraction of sp³-hybridized carbons (Fsp3) is 0.318. The molecule has 1 fully saturated rings. The van der Waals surface area contributed by atoms with Crippen molar-refractivity contribution in [3.05, 3.63) is 59.1 Å². The highest BCUT2D eigenvalue weighted by molar-refractivity contribution is 7.17. The smallest absolute Gasteiger partial charge is 0.267 e. The van der Waals surface area contributed by atoms with Gasteiger partial charge in [-0.15, -0.1) is 11.3 Å². The van der Waals surface area contributed by atoms with Crippen molar-refractivity contribution < 1.29 is 14.4 Å². The van der Waals surface area contributed by atoms with Crippen molar-refractivity contribution in [1.82, 2.24) is 20.9 Å². The lowest BCUT2D eigenvalue weighted by atomic mass is 10.0. The number of nitrogens with one attached hydrogen (secondary N) is 4. The number of amides is 3. The summed E-state index contributed by atoms with van der Waals surface area (Å²) in [6, 6.07) is 13.1. The van der Waals surface area contributed by atoms with Gasteiger partial charge in [0.15, 0.2) is 0 Å². The second kappa shape index (κ2) is 9.13. The average Bonchev–Trinajstić information content (AvgIpc) is 3.44. The van der Waals surface area contributed by atoms with Crippen LogP contribution in [0.1, 0.15) is 35.3 Å². The van der Waals surface area contributed by atoms with Crippen LogP contribution in [0.4, 0.5) is 0 Å². The molecule has 2 aromatic heterocycles. The molecule has 1 unspecified atom stereocenters. The van der Waals surface area contributed by atoms with Gasteiger partial charge in [-0.25, -0.2) is 0 Å². The predicted molar refractivity (Wildman–Crippen MR) is 116 cm³/mol. The summed E-state index contributed by atoms with van der Waals surface area (Å²) in [5.41, 5.74) is 2.60. The zero-order valence-corrected chi connectivity index (χ0v) is 17.3. The van der Waals surface area contributed by atoms with Crippen molar-refractivity contribution in [3.8, 4) is 0 Å². The number of H-pyrrole nitrogens is 1. The Morgan fingerprint density at radius 2 is 2.03 bits per heavy atom. The molecule has 0 radical (unpaired) electrons. The van der Waals surface area contributed by atoms with E-state index in [1.165, 1.54) is 0 Å². The minimum Gasteiger partial charge on any atom is -0.351 e. The normalized spacial score (nSPS) is 16.9. The minimum absolute atomic E-state index is 0.0899. The Hall–Kier alpha value is -3.13. The molecule has 7 nitrogen and oxygen atoms in total. The molecule has 4 N–H and O–H groups in total. The Morgan fingerprint density at radius 1 is 1.20 bits per heavy atom. The number of carbonyl (C=O) groups excluding carboxylic acids is 3. The predicted octanol–water partition coefficient (Wildman–Crippen LogP) is 2.36. The summed E-state index contributed by atoms with van der Waals surface area (Å²) in [4.78, 5) is 39.5. The Labute approximate surface area is 178 Å². The number of aromatic nitrogens is 1. The van der Waals surface area contributed by atoms with Crippen molar-refractivity contribution in [3.63, 3.8) is 0 Å². The summed E-state index contributed by atoms with van der Waals surface area (Å²) >= 11 is 1.59. The average molecular weight is 425 g/mol. The van der Waals surface area contributed by atoms with E-state index >= 15 is 0 Å². The Balaban J connectivity index is 1.34. The van der Waals surface area contributed by atoms with Crippen LogP contribution in [-0.4, -0.2) is 41.3 Å². The first kappa shape index (κ1) is 20.2. The fourth-order valence-corrected chi connectivity index (χ4v) is 4.44. The molecule has 0 bridgehead atoms. The lowest BCUT2D eigenvalue weighted by Crippen LogP contribution is -2.47. The van der Waals surface area contributed by atoms with E-state index in [-0.39, 0.29) is 23.8 Å². The van der Waals surface area contributed by atoms with Gasteiger partial charge in [-0.2, -0.15) is 0 Å². The number of carbonyl (C=O) groups is 3. The molecule has 8 heteroatoms. The van der Waals surface area contributed by atoms with Gasteiger partial charge in [-0.3, -0.25) is 14.4 Å². The molecule has 1 saturated heterocycles. The van der Waals surface area contributed by atoms with Crippen LogP contribution in [0.5, 0.6) is 0 Å². The first-order valence-electron chi connectivity index (χ1n) is 10.1. The molecular formula is C22H24N4O3S. The third kappa shape index (κ3) is 4.88. The highest BCUT2D eigenvalue weighted by Gasteiger charge is 2.28. The monoisotopic (exact) mass is 424 g/mol. The van der Waals surface area contributed by atoms with Crippen LogP contribution < -0.4 is 16.0 Å². The van der Waals surface area contributed by atoms with E-state index in [9.17, 15) is 14.4 Å². The quantitative estimate of drug-likeness (QED) is 0.446. The van der Waals surface area contributed by atoms with Crippen molar-refractivity contribution in [2.45, 2.75) is 37.8 Å². The zero-order chi connectivity index (χ0) is 20.9. The maximum atomic E-state index is 12.6. The van der Waals surface area contributed by atoms with Crippen LogP contribution in [0.2, 0.25) is 0 Å². The number of hydrogen-bond acceptors (Lipinski definition) is 4. The van der Waals surface area contributed by atoms with E-state index in [1.54, 1.807) is 11.3 Å². The highest BCUT2D eigenvalue weighted by atomic mass is 32.1. The third-order valence-electron chi connectivity index (χ3n) is 5.25. The van der Waals surface area contributed by atoms with Crippen molar-refractivity contribution in [2.75, 3.05) is 6.54 Å². The summed E-state index contributed by atoms with van der Waals surface area (Å²) in [7, 11) is 0. The molecule has 3 heterocycles. The van der Waals surface area contributed by atoms with Gasteiger partial charge in [-0.05, 0) is 42.3 Å². The van der Waals surface area contributed by atoms with Gasteiger partial charge in [0, 0.05) is 19.0 Å². The van der Waals surface area contributed by atoms with E-state index < -0.39 is 6.04 Å². The van der Waals surface area contributed by atoms with Gasteiger partial charge in [0.25, 0.3) is 5.91 Å². The second-order valence-electron chi connectivity index (χ2n) is 7.48. The largest absolute Gasteiger partial charge is 0.351 e. The lowest BCUT2D eigenvalue weighted by Gasteiger charge is -2.21. The van der Waals surface area contributed by atoms with Gasteiger partial charge in [-0.1, -0.05) is 30.3 Å². The maximum absolute atomic E-state index is 12.6. The van der Waals surface area contributed by atoms with Crippen molar-refractivity contribution in [2.24, 2.45) is 0 Å². The minimum atomic E-state index is -0.475. The van der Waals surface area contributed by atoms with Gasteiger partial charge in [0.1, 0.15) is 11.7 Å². The number of thiophene rings is 1. The van der Waals surface area contributed by atoms with Crippen LogP contribution in [0, 0.1) is 0 Å². The summed E-state index contributed by atoms with van der Waals surface area (Å²) in [6.45, 7) is 0.431. The zero-order valence-electron chi connectivity index (χ0n) is 16.4. The second-order valence-corrected chi connectivity index (χ2v) is 8.43. The van der Waals surface area contributed by atoms with E-state index in [2.05, 4.69) is 20.9 Å². The summed E-state index contributed by atoms with van der Waals surface area (Å²) in [6.07, 6.45) is 2.14. The van der Waals surface area contributed by atoms with Gasteiger partial charge >= 0.3 is 0 Å². The standard InChI is InChI=1S/C22H24N4O3S/c27-20-7-6-17(26-20)22(29)24-15(12-14-4-2-1-3-5-14)8-10-23-21(28)18-13-19-16(25-18)9-11-30-19/h1-5,9,11,13,15,17,25H,6-8,10,12H2,(H,23,28)(H,24,29)(H,26,27)/t15?,17-/m1/s1. The molecule has 0 spiro atoms. The van der Waals surface area contributed by atoms with E-state index in [0.717, 1.165) is 15.8 Å². The molecule has 3 aromatic rings. The molecule has 1 aliphatic rings. The topological polar surface area (TPSA) is 103 Å². The number of rotatable bonds is 8. The molecule has 30 heavy (non-hydrogen) atoms. The number of hydrogen-bond donors (Lipinski definition) is 4. The molecule has 0 saturated carbocycles. The summed E-state index contributed by atoms with van der Waals surface area (Å²) in [5.74, 6) is -0.420. The van der Waals surface area contributed by atoms with Crippen molar-refractivity contribution in [1.29, 1.82) is 0 Å². The first-order valence-corrected chi connectivity index (χ1v) is 10.9. The van der Waals surface area contributed by atoms with Gasteiger partial charge in [0.2, 0.25) is 11.8 Å². The molecule has 3 amide bonds. The fourth-order valence-electron chi connectivity index (χ4n) is 3.66. The van der Waals surface area contributed by atoms with Crippen molar-refractivity contribution >= 4 is 39.3 Å². The maximum Gasteiger partial charge on any atom is 0.267 e. The van der Waals surface area contributed by atoms with Crippen LogP contribution in [0.15, 0.2) is 47.8 Å². The van der Waals surface area contributed by atoms with Gasteiger partial charge < -0.3 is 20.9 Å². The van der Waals surface area contributed by atoms with Gasteiger partial charge in [0.05, 0.1) is 10.2 Å². The molecular weight excluding hydrogens is 400 g/mol. The number of fused-ring (bicyclic) bond motifs is 1. The molecule has 0 aliphatic carbocycles. The number of benzene rings is 1.